The standard InChI is InChI=1S/C16H13BrClNO2/c17-12-6-5-11(13(18)8-12)9-19-14-4-2-1-3-10(14)7-15(19)16(20)21/h1-6,8,15H,7,9H2,(H,20,21). The van der Waals surface area contributed by atoms with Crippen molar-refractivity contribution >= 4 is 39.2 Å². The van der Waals surface area contributed by atoms with Gasteiger partial charge in [-0.3, -0.25) is 0 Å². The number of para-hydroxylation sites is 1. The molecule has 2 aromatic carbocycles. The van der Waals surface area contributed by atoms with Crippen LogP contribution < -0.4 is 4.90 Å². The molecule has 2 aromatic rings. The highest BCUT2D eigenvalue weighted by atomic mass is 79.9. The van der Waals surface area contributed by atoms with Gasteiger partial charge in [-0.1, -0.05) is 51.8 Å². The molecular weight excluding hydrogens is 354 g/mol. The number of nitrogens with zero attached hydrogens (tertiary/aromatic N) is 1. The van der Waals surface area contributed by atoms with Crippen LogP contribution in [-0.4, -0.2) is 17.1 Å². The summed E-state index contributed by atoms with van der Waals surface area (Å²) >= 11 is 9.64. The van der Waals surface area contributed by atoms with E-state index in [2.05, 4.69) is 15.9 Å². The maximum absolute atomic E-state index is 11.5. The molecule has 0 aliphatic carbocycles. The Hall–Kier alpha value is -1.52. The van der Waals surface area contributed by atoms with Crippen molar-refractivity contribution in [3.63, 3.8) is 0 Å². The summed E-state index contributed by atoms with van der Waals surface area (Å²) in [7, 11) is 0. The first-order valence-corrected chi connectivity index (χ1v) is 7.74. The molecule has 0 amide bonds. The predicted octanol–water partition coefficient (Wildman–Crippen LogP) is 4.12. The van der Waals surface area contributed by atoms with Gasteiger partial charge in [-0.15, -0.1) is 0 Å². The molecule has 108 valence electrons. The SMILES string of the molecule is O=C(O)C1Cc2ccccc2N1Cc1ccc(Br)cc1Cl. The molecule has 1 N–H and O–H groups in total. The predicted molar refractivity (Wildman–Crippen MR) is 86.9 cm³/mol. The van der Waals surface area contributed by atoms with Crippen molar-refractivity contribution < 1.29 is 9.90 Å². The van der Waals surface area contributed by atoms with Gasteiger partial charge in [0.25, 0.3) is 0 Å². The van der Waals surface area contributed by atoms with Gasteiger partial charge in [0.2, 0.25) is 0 Å². The molecule has 0 saturated carbocycles. The van der Waals surface area contributed by atoms with Crippen LogP contribution in [0, 0.1) is 0 Å². The van der Waals surface area contributed by atoms with E-state index in [0.29, 0.717) is 18.0 Å². The third-order valence-electron chi connectivity index (χ3n) is 3.73. The summed E-state index contributed by atoms with van der Waals surface area (Å²) < 4.78 is 0.910. The lowest BCUT2D eigenvalue weighted by atomic mass is 10.1. The van der Waals surface area contributed by atoms with E-state index in [4.69, 9.17) is 11.6 Å². The zero-order chi connectivity index (χ0) is 15.0. The van der Waals surface area contributed by atoms with Crippen LogP contribution in [0.4, 0.5) is 5.69 Å². The average Bonchev–Trinajstić information content (AvgIpc) is 2.81. The number of rotatable bonds is 3. The molecule has 21 heavy (non-hydrogen) atoms. The number of hydrogen-bond donors (Lipinski definition) is 1. The van der Waals surface area contributed by atoms with E-state index in [1.165, 1.54) is 0 Å². The minimum atomic E-state index is -0.806. The molecule has 1 aliphatic rings. The lowest BCUT2D eigenvalue weighted by Crippen LogP contribution is -2.38. The van der Waals surface area contributed by atoms with Crippen molar-refractivity contribution in [1.29, 1.82) is 0 Å². The van der Waals surface area contributed by atoms with Crippen LogP contribution >= 0.6 is 27.5 Å². The van der Waals surface area contributed by atoms with Crippen LogP contribution in [-0.2, 0) is 17.8 Å². The Morgan fingerprint density at radius 3 is 2.81 bits per heavy atom. The van der Waals surface area contributed by atoms with Crippen LogP contribution in [0.1, 0.15) is 11.1 Å². The second kappa shape index (κ2) is 5.70. The number of carboxylic acid groups (broad SMARTS) is 1. The summed E-state index contributed by atoms with van der Waals surface area (Å²) in [6, 6.07) is 12.9. The number of benzene rings is 2. The van der Waals surface area contributed by atoms with Crippen molar-refractivity contribution in [2.45, 2.75) is 19.0 Å². The normalized spacial score (nSPS) is 16.9. The summed E-state index contributed by atoms with van der Waals surface area (Å²) in [5.74, 6) is -0.806. The van der Waals surface area contributed by atoms with Gasteiger partial charge in [-0.25, -0.2) is 4.79 Å². The second-order valence-corrected chi connectivity index (χ2v) is 6.37. The molecular formula is C16H13BrClNO2. The van der Waals surface area contributed by atoms with E-state index in [-0.39, 0.29) is 0 Å². The molecule has 1 heterocycles. The van der Waals surface area contributed by atoms with Gasteiger partial charge < -0.3 is 10.0 Å². The van der Waals surface area contributed by atoms with E-state index in [9.17, 15) is 9.90 Å². The second-order valence-electron chi connectivity index (χ2n) is 5.05. The Kier molecular flexibility index (Phi) is 3.91. The van der Waals surface area contributed by atoms with E-state index in [0.717, 1.165) is 21.3 Å². The fourth-order valence-electron chi connectivity index (χ4n) is 2.70. The number of hydrogen-bond acceptors (Lipinski definition) is 2. The van der Waals surface area contributed by atoms with Gasteiger partial charge in [0.05, 0.1) is 0 Å². The van der Waals surface area contributed by atoms with Crippen LogP contribution in [0.15, 0.2) is 46.9 Å². The number of aliphatic carboxylic acids is 1. The fourth-order valence-corrected chi connectivity index (χ4v) is 3.43. The zero-order valence-electron chi connectivity index (χ0n) is 11.1. The molecule has 0 spiro atoms. The highest BCUT2D eigenvalue weighted by molar-refractivity contribution is 9.10. The van der Waals surface area contributed by atoms with Gasteiger partial charge >= 0.3 is 5.97 Å². The lowest BCUT2D eigenvalue weighted by molar-refractivity contribution is -0.138. The molecule has 1 unspecified atom stereocenters. The van der Waals surface area contributed by atoms with E-state index >= 15 is 0 Å². The van der Waals surface area contributed by atoms with Crippen molar-refractivity contribution in [2.75, 3.05) is 4.90 Å². The van der Waals surface area contributed by atoms with Crippen LogP contribution in [0.25, 0.3) is 0 Å². The minimum absolute atomic E-state index is 0.486. The summed E-state index contributed by atoms with van der Waals surface area (Å²) in [6.07, 6.45) is 0.527. The number of fused-ring (bicyclic) bond motifs is 1. The van der Waals surface area contributed by atoms with E-state index in [1.807, 2.05) is 47.4 Å². The third-order valence-corrected chi connectivity index (χ3v) is 4.58. The topological polar surface area (TPSA) is 40.5 Å². The molecule has 1 atom stereocenters. The largest absolute Gasteiger partial charge is 0.480 e. The summed E-state index contributed by atoms with van der Waals surface area (Å²) in [5.41, 5.74) is 2.96. The van der Waals surface area contributed by atoms with Crippen LogP contribution in [0.2, 0.25) is 5.02 Å². The average molecular weight is 367 g/mol. The van der Waals surface area contributed by atoms with Crippen molar-refractivity contribution in [3.05, 3.63) is 63.1 Å². The van der Waals surface area contributed by atoms with Crippen LogP contribution in [0.5, 0.6) is 0 Å². The van der Waals surface area contributed by atoms with Gasteiger partial charge in [0.15, 0.2) is 0 Å². The number of carboxylic acids is 1. The first-order chi connectivity index (χ1) is 10.1. The van der Waals surface area contributed by atoms with Crippen LogP contribution in [0.3, 0.4) is 0 Å². The van der Waals surface area contributed by atoms with Crippen molar-refractivity contribution in [1.82, 2.24) is 0 Å². The van der Waals surface area contributed by atoms with Gasteiger partial charge in [-0.2, -0.15) is 0 Å². The smallest absolute Gasteiger partial charge is 0.326 e. The van der Waals surface area contributed by atoms with Gasteiger partial charge in [0, 0.05) is 28.1 Å². The maximum Gasteiger partial charge on any atom is 0.326 e. The highest BCUT2D eigenvalue weighted by Crippen LogP contribution is 2.34. The van der Waals surface area contributed by atoms with Crippen molar-refractivity contribution in [3.8, 4) is 0 Å². The quantitative estimate of drug-likeness (QED) is 0.888. The maximum atomic E-state index is 11.5. The molecule has 0 radical (unpaired) electrons. The summed E-state index contributed by atoms with van der Waals surface area (Å²) in [4.78, 5) is 13.4. The van der Waals surface area contributed by atoms with Gasteiger partial charge in [0.1, 0.15) is 6.04 Å². The Bertz CT molecular complexity index is 704. The molecule has 0 saturated heterocycles. The number of carbonyl (C=O) groups is 1. The third kappa shape index (κ3) is 2.78. The zero-order valence-corrected chi connectivity index (χ0v) is 13.4. The first kappa shape index (κ1) is 14.4. The Morgan fingerprint density at radius 2 is 2.10 bits per heavy atom. The molecule has 3 nitrogen and oxygen atoms in total. The molecule has 0 fully saturated rings. The molecule has 0 aromatic heterocycles. The monoisotopic (exact) mass is 365 g/mol. The number of halogens is 2. The summed E-state index contributed by atoms with van der Waals surface area (Å²) in [5, 5.41) is 10.1. The fraction of sp³-hybridized carbons (Fsp3) is 0.188. The Morgan fingerprint density at radius 1 is 1.33 bits per heavy atom. The minimum Gasteiger partial charge on any atom is -0.480 e. The van der Waals surface area contributed by atoms with Crippen molar-refractivity contribution in [2.24, 2.45) is 0 Å². The summed E-state index contributed by atoms with van der Waals surface area (Å²) in [6.45, 7) is 0.486. The molecule has 0 bridgehead atoms. The molecule has 5 heteroatoms. The first-order valence-electron chi connectivity index (χ1n) is 6.57. The van der Waals surface area contributed by atoms with E-state index < -0.39 is 12.0 Å². The molecule has 3 rings (SSSR count). The van der Waals surface area contributed by atoms with E-state index in [1.54, 1.807) is 0 Å². The lowest BCUT2D eigenvalue weighted by Gasteiger charge is -2.25. The molecule has 1 aliphatic heterocycles. The number of anilines is 1. The Balaban J connectivity index is 1.96. The highest BCUT2D eigenvalue weighted by Gasteiger charge is 2.34. The van der Waals surface area contributed by atoms with Gasteiger partial charge in [-0.05, 0) is 29.3 Å². The Labute approximate surface area is 136 Å².